The Bertz CT molecular complexity index is 518. The van der Waals surface area contributed by atoms with E-state index in [1.54, 1.807) is 0 Å². The molecule has 0 saturated carbocycles. The fourth-order valence-corrected chi connectivity index (χ4v) is 2.46. The minimum atomic E-state index is 0.101. The number of imidazole rings is 1. The zero-order valence-electron chi connectivity index (χ0n) is 11.6. The largest absolute Gasteiger partial charge is 0.335 e. The highest BCUT2D eigenvalue weighted by molar-refractivity contribution is 5.30. The van der Waals surface area contributed by atoms with Gasteiger partial charge in [0.15, 0.2) is 0 Å². The van der Waals surface area contributed by atoms with Crippen LogP contribution in [0.3, 0.4) is 0 Å². The summed E-state index contributed by atoms with van der Waals surface area (Å²) < 4.78 is 2.15. The van der Waals surface area contributed by atoms with Crippen molar-refractivity contribution in [3.8, 4) is 0 Å². The molecule has 19 heavy (non-hydrogen) atoms. The number of aryl methyl sites for hydroxylation is 2. The number of rotatable bonds is 6. The molecule has 0 bridgehead atoms. The zero-order valence-corrected chi connectivity index (χ0v) is 11.6. The molecule has 1 unspecified atom stereocenters. The van der Waals surface area contributed by atoms with Gasteiger partial charge in [0, 0.05) is 25.4 Å². The molecule has 0 amide bonds. The molecule has 2 aromatic rings. The van der Waals surface area contributed by atoms with Crippen molar-refractivity contribution in [1.29, 1.82) is 0 Å². The second-order valence-electron chi connectivity index (χ2n) is 4.61. The minimum Gasteiger partial charge on any atom is -0.335 e. The van der Waals surface area contributed by atoms with E-state index in [-0.39, 0.29) is 6.04 Å². The molecule has 1 heterocycles. The van der Waals surface area contributed by atoms with Crippen LogP contribution in [0.15, 0.2) is 36.7 Å². The van der Waals surface area contributed by atoms with Crippen molar-refractivity contribution in [2.45, 2.75) is 39.3 Å². The first-order valence-corrected chi connectivity index (χ1v) is 6.84. The molecule has 0 radical (unpaired) electrons. The number of nitrogens with one attached hydrogen (secondary N) is 1. The lowest BCUT2D eigenvalue weighted by Gasteiger charge is -2.19. The summed E-state index contributed by atoms with van der Waals surface area (Å²) in [5.74, 6) is 6.82. The van der Waals surface area contributed by atoms with Crippen LogP contribution >= 0.6 is 0 Å². The van der Waals surface area contributed by atoms with Crippen molar-refractivity contribution in [3.05, 3.63) is 53.6 Å². The Morgan fingerprint density at radius 3 is 2.79 bits per heavy atom. The number of benzene rings is 1. The average molecular weight is 258 g/mol. The number of hydrazine groups is 1. The van der Waals surface area contributed by atoms with Crippen LogP contribution in [0.1, 0.15) is 36.8 Å². The molecule has 0 fully saturated rings. The summed E-state index contributed by atoms with van der Waals surface area (Å²) in [6, 6.07) is 8.53. The maximum absolute atomic E-state index is 5.75. The maximum atomic E-state index is 5.75. The van der Waals surface area contributed by atoms with Gasteiger partial charge in [0.2, 0.25) is 0 Å². The summed E-state index contributed by atoms with van der Waals surface area (Å²) in [6.45, 7) is 5.22. The Morgan fingerprint density at radius 1 is 1.32 bits per heavy atom. The summed E-state index contributed by atoms with van der Waals surface area (Å²) in [5, 5.41) is 0. The monoisotopic (exact) mass is 258 g/mol. The van der Waals surface area contributed by atoms with Crippen LogP contribution in [0, 0.1) is 0 Å². The third-order valence-corrected chi connectivity index (χ3v) is 3.54. The SMILES string of the molecule is CCc1ccccc1C(Cc1nccn1CC)NN. The fourth-order valence-electron chi connectivity index (χ4n) is 2.46. The number of aromatic nitrogens is 2. The summed E-state index contributed by atoms with van der Waals surface area (Å²) in [4.78, 5) is 4.42. The lowest BCUT2D eigenvalue weighted by Crippen LogP contribution is -2.31. The molecule has 0 spiro atoms. The Kier molecular flexibility index (Phi) is 4.71. The third-order valence-electron chi connectivity index (χ3n) is 3.54. The van der Waals surface area contributed by atoms with Crippen molar-refractivity contribution in [2.24, 2.45) is 5.84 Å². The molecule has 0 aliphatic rings. The molecule has 1 aromatic heterocycles. The van der Waals surface area contributed by atoms with Crippen LogP contribution in [-0.4, -0.2) is 9.55 Å². The normalized spacial score (nSPS) is 12.6. The van der Waals surface area contributed by atoms with Gasteiger partial charge < -0.3 is 4.57 Å². The molecule has 0 saturated heterocycles. The zero-order chi connectivity index (χ0) is 13.7. The molecular formula is C15H22N4. The van der Waals surface area contributed by atoms with Crippen LogP contribution in [0.4, 0.5) is 0 Å². The van der Waals surface area contributed by atoms with E-state index in [1.807, 2.05) is 12.4 Å². The van der Waals surface area contributed by atoms with Gasteiger partial charge in [-0.05, 0) is 24.5 Å². The van der Waals surface area contributed by atoms with Crippen LogP contribution < -0.4 is 11.3 Å². The number of hydrogen-bond donors (Lipinski definition) is 2. The van der Waals surface area contributed by atoms with E-state index in [0.29, 0.717) is 0 Å². The molecular weight excluding hydrogens is 236 g/mol. The smallest absolute Gasteiger partial charge is 0.110 e. The van der Waals surface area contributed by atoms with Gasteiger partial charge in [0.25, 0.3) is 0 Å². The van der Waals surface area contributed by atoms with Gasteiger partial charge in [-0.2, -0.15) is 0 Å². The molecule has 2 rings (SSSR count). The van der Waals surface area contributed by atoms with Crippen molar-refractivity contribution < 1.29 is 0 Å². The Labute approximate surface area is 114 Å². The fraction of sp³-hybridized carbons (Fsp3) is 0.400. The summed E-state index contributed by atoms with van der Waals surface area (Å²) in [7, 11) is 0. The number of hydrogen-bond acceptors (Lipinski definition) is 3. The summed E-state index contributed by atoms with van der Waals surface area (Å²) in [5.41, 5.74) is 5.52. The highest BCUT2D eigenvalue weighted by atomic mass is 15.2. The summed E-state index contributed by atoms with van der Waals surface area (Å²) >= 11 is 0. The molecule has 0 aliphatic heterocycles. The van der Waals surface area contributed by atoms with E-state index >= 15 is 0 Å². The molecule has 1 aromatic carbocycles. The molecule has 1 atom stereocenters. The van der Waals surface area contributed by atoms with E-state index in [0.717, 1.165) is 25.2 Å². The van der Waals surface area contributed by atoms with Crippen LogP contribution in [-0.2, 0) is 19.4 Å². The first kappa shape index (κ1) is 13.8. The highest BCUT2D eigenvalue weighted by Crippen LogP contribution is 2.21. The van der Waals surface area contributed by atoms with Gasteiger partial charge in [-0.15, -0.1) is 0 Å². The second kappa shape index (κ2) is 6.50. The third kappa shape index (κ3) is 3.03. The van der Waals surface area contributed by atoms with Crippen molar-refractivity contribution in [3.63, 3.8) is 0 Å². The number of nitrogens with zero attached hydrogens (tertiary/aromatic N) is 2. The Morgan fingerprint density at radius 2 is 2.11 bits per heavy atom. The standard InChI is InChI=1S/C15H22N4/c1-3-12-7-5-6-8-13(12)14(18-16)11-15-17-9-10-19(15)4-2/h5-10,14,18H,3-4,11,16H2,1-2H3. The van der Waals surface area contributed by atoms with Gasteiger partial charge in [0.05, 0.1) is 6.04 Å². The molecule has 0 aliphatic carbocycles. The Balaban J connectivity index is 2.25. The van der Waals surface area contributed by atoms with Crippen LogP contribution in [0.25, 0.3) is 0 Å². The van der Waals surface area contributed by atoms with E-state index < -0.39 is 0 Å². The van der Waals surface area contributed by atoms with E-state index in [4.69, 9.17) is 5.84 Å². The number of nitrogens with two attached hydrogens (primary N) is 1. The van der Waals surface area contributed by atoms with E-state index in [9.17, 15) is 0 Å². The van der Waals surface area contributed by atoms with Gasteiger partial charge in [-0.25, -0.2) is 4.98 Å². The van der Waals surface area contributed by atoms with Gasteiger partial charge in [-0.3, -0.25) is 11.3 Å². The van der Waals surface area contributed by atoms with Crippen molar-refractivity contribution >= 4 is 0 Å². The average Bonchev–Trinajstić information content (AvgIpc) is 2.92. The summed E-state index contributed by atoms with van der Waals surface area (Å²) in [6.07, 6.45) is 5.66. The van der Waals surface area contributed by atoms with E-state index in [2.05, 4.69) is 53.1 Å². The molecule has 4 nitrogen and oxygen atoms in total. The minimum absolute atomic E-state index is 0.101. The highest BCUT2D eigenvalue weighted by Gasteiger charge is 2.16. The van der Waals surface area contributed by atoms with Crippen molar-refractivity contribution in [1.82, 2.24) is 15.0 Å². The predicted molar refractivity (Wildman–Crippen MR) is 77.5 cm³/mol. The van der Waals surface area contributed by atoms with E-state index in [1.165, 1.54) is 11.1 Å². The maximum Gasteiger partial charge on any atom is 0.110 e. The van der Waals surface area contributed by atoms with Gasteiger partial charge in [-0.1, -0.05) is 31.2 Å². The Hall–Kier alpha value is -1.65. The van der Waals surface area contributed by atoms with Gasteiger partial charge in [0.1, 0.15) is 5.82 Å². The first-order valence-electron chi connectivity index (χ1n) is 6.84. The molecule has 102 valence electrons. The lowest BCUT2D eigenvalue weighted by atomic mass is 9.96. The van der Waals surface area contributed by atoms with Crippen LogP contribution in [0.5, 0.6) is 0 Å². The van der Waals surface area contributed by atoms with Gasteiger partial charge >= 0.3 is 0 Å². The quantitative estimate of drug-likeness (QED) is 0.617. The molecule has 3 N–H and O–H groups in total. The van der Waals surface area contributed by atoms with Crippen LogP contribution in [0.2, 0.25) is 0 Å². The predicted octanol–water partition coefficient (Wildman–Crippen LogP) is 2.21. The first-order chi connectivity index (χ1) is 9.30. The van der Waals surface area contributed by atoms with Crippen molar-refractivity contribution in [2.75, 3.05) is 0 Å². The topological polar surface area (TPSA) is 55.9 Å². The second-order valence-corrected chi connectivity index (χ2v) is 4.61. The lowest BCUT2D eigenvalue weighted by molar-refractivity contribution is 0.520. The molecule has 4 heteroatoms.